The SMILES string of the molecule is Cc1ccc2c(c1)CCc1cc(/C=C/C(=O)OC3=CC(C)C=CCC3)ccc1-2. The minimum absolute atomic E-state index is 0.307. The molecule has 0 saturated heterocycles. The molecule has 28 heavy (non-hydrogen) atoms. The second-order valence-electron chi connectivity index (χ2n) is 7.79. The van der Waals surface area contributed by atoms with Crippen LogP contribution in [0.5, 0.6) is 0 Å². The Labute approximate surface area is 167 Å². The van der Waals surface area contributed by atoms with Crippen LogP contribution in [0.2, 0.25) is 0 Å². The van der Waals surface area contributed by atoms with E-state index in [2.05, 4.69) is 62.4 Å². The highest BCUT2D eigenvalue weighted by atomic mass is 16.5. The fraction of sp³-hybridized carbons (Fsp3) is 0.269. The van der Waals surface area contributed by atoms with Crippen molar-refractivity contribution in [2.24, 2.45) is 5.92 Å². The molecular formula is C26H26O2. The Bertz CT molecular complexity index is 991. The van der Waals surface area contributed by atoms with E-state index in [-0.39, 0.29) is 5.97 Å². The van der Waals surface area contributed by atoms with Crippen LogP contribution in [-0.2, 0) is 22.4 Å². The van der Waals surface area contributed by atoms with E-state index in [4.69, 9.17) is 4.74 Å². The molecule has 1 atom stereocenters. The van der Waals surface area contributed by atoms with Crippen molar-refractivity contribution in [2.45, 2.75) is 39.5 Å². The van der Waals surface area contributed by atoms with E-state index < -0.39 is 0 Å². The van der Waals surface area contributed by atoms with Gasteiger partial charge < -0.3 is 4.74 Å². The van der Waals surface area contributed by atoms with Crippen molar-refractivity contribution >= 4 is 12.0 Å². The van der Waals surface area contributed by atoms with E-state index in [9.17, 15) is 4.79 Å². The lowest BCUT2D eigenvalue weighted by molar-refractivity contribution is -0.133. The largest absolute Gasteiger partial charge is 0.428 e. The van der Waals surface area contributed by atoms with Crippen molar-refractivity contribution in [3.8, 4) is 11.1 Å². The van der Waals surface area contributed by atoms with Gasteiger partial charge in [0, 0.05) is 12.5 Å². The summed E-state index contributed by atoms with van der Waals surface area (Å²) in [5.41, 5.74) is 7.78. The van der Waals surface area contributed by atoms with Gasteiger partial charge in [-0.1, -0.05) is 61.0 Å². The first-order valence-electron chi connectivity index (χ1n) is 10.1. The smallest absolute Gasteiger partial charge is 0.335 e. The second-order valence-corrected chi connectivity index (χ2v) is 7.79. The number of aryl methyl sites for hydroxylation is 3. The van der Waals surface area contributed by atoms with Crippen molar-refractivity contribution in [3.63, 3.8) is 0 Å². The first kappa shape index (κ1) is 18.5. The Morgan fingerprint density at radius 1 is 1.04 bits per heavy atom. The standard InChI is InChI=1S/C26H26O2/c1-18-5-3-4-6-23(16-18)28-26(27)14-9-20-8-13-25-22(17-20)11-10-21-15-19(2)7-12-24(21)25/h3,5,7-9,12-18H,4,6,10-11H2,1-2H3/b14-9+. The van der Waals surface area contributed by atoms with Crippen LogP contribution in [0.3, 0.4) is 0 Å². The first-order chi connectivity index (χ1) is 13.6. The average Bonchev–Trinajstić information content (AvgIpc) is 2.89. The predicted octanol–water partition coefficient (Wildman–Crippen LogP) is 6.19. The molecule has 4 rings (SSSR count). The summed E-state index contributed by atoms with van der Waals surface area (Å²) in [5.74, 6) is 0.768. The number of ether oxygens (including phenoxy) is 1. The summed E-state index contributed by atoms with van der Waals surface area (Å²) in [5, 5.41) is 0. The van der Waals surface area contributed by atoms with Gasteiger partial charge in [-0.05, 0) is 72.1 Å². The molecule has 0 aromatic heterocycles. The summed E-state index contributed by atoms with van der Waals surface area (Å²) in [7, 11) is 0. The maximum atomic E-state index is 12.2. The zero-order valence-corrected chi connectivity index (χ0v) is 16.6. The number of rotatable bonds is 3. The van der Waals surface area contributed by atoms with Gasteiger partial charge in [-0.3, -0.25) is 0 Å². The molecule has 2 aliphatic carbocycles. The number of carbonyl (C=O) groups excluding carboxylic acids is 1. The third kappa shape index (κ3) is 4.17. The molecule has 2 aromatic rings. The molecule has 0 N–H and O–H groups in total. The van der Waals surface area contributed by atoms with Crippen LogP contribution < -0.4 is 0 Å². The van der Waals surface area contributed by atoms with Crippen LogP contribution >= 0.6 is 0 Å². The maximum Gasteiger partial charge on any atom is 0.335 e. The Kier molecular flexibility index (Phi) is 5.29. The van der Waals surface area contributed by atoms with Gasteiger partial charge in [0.25, 0.3) is 0 Å². The first-order valence-corrected chi connectivity index (χ1v) is 10.1. The predicted molar refractivity (Wildman–Crippen MR) is 115 cm³/mol. The monoisotopic (exact) mass is 370 g/mol. The molecule has 0 heterocycles. The van der Waals surface area contributed by atoms with E-state index in [1.54, 1.807) is 0 Å². The molecule has 0 saturated carbocycles. The van der Waals surface area contributed by atoms with Crippen LogP contribution in [0.1, 0.15) is 42.0 Å². The molecule has 1 unspecified atom stereocenters. The lowest BCUT2D eigenvalue weighted by Gasteiger charge is -2.20. The van der Waals surface area contributed by atoms with E-state index in [0.29, 0.717) is 5.92 Å². The van der Waals surface area contributed by atoms with Gasteiger partial charge in [-0.25, -0.2) is 4.79 Å². The number of allylic oxidation sites excluding steroid dienone is 4. The number of esters is 1. The molecule has 0 amide bonds. The van der Waals surface area contributed by atoms with Crippen LogP contribution in [0, 0.1) is 12.8 Å². The second kappa shape index (κ2) is 8.02. The number of hydrogen-bond donors (Lipinski definition) is 0. The molecular weight excluding hydrogens is 344 g/mol. The van der Waals surface area contributed by atoms with Gasteiger partial charge >= 0.3 is 5.97 Å². The quantitative estimate of drug-likeness (QED) is 0.366. The van der Waals surface area contributed by atoms with Crippen molar-refractivity contribution < 1.29 is 9.53 Å². The summed E-state index contributed by atoms with van der Waals surface area (Å²) < 4.78 is 5.53. The normalized spacial score (nSPS) is 18.2. The van der Waals surface area contributed by atoms with E-state index in [1.807, 2.05) is 12.2 Å². The van der Waals surface area contributed by atoms with Crippen LogP contribution in [0.25, 0.3) is 17.2 Å². The molecule has 0 fully saturated rings. The van der Waals surface area contributed by atoms with Crippen molar-refractivity contribution in [1.82, 2.24) is 0 Å². The molecule has 2 aliphatic rings. The average molecular weight is 370 g/mol. The molecule has 0 aliphatic heterocycles. The molecule has 2 aromatic carbocycles. The summed E-state index contributed by atoms with van der Waals surface area (Å²) in [6.07, 6.45) is 13.5. The molecule has 0 spiro atoms. The van der Waals surface area contributed by atoms with Gasteiger partial charge in [0.1, 0.15) is 5.76 Å². The summed E-state index contributed by atoms with van der Waals surface area (Å²) in [6, 6.07) is 13.1. The fourth-order valence-corrected chi connectivity index (χ4v) is 4.03. The fourth-order valence-electron chi connectivity index (χ4n) is 4.03. The highest BCUT2D eigenvalue weighted by Gasteiger charge is 2.16. The number of fused-ring (bicyclic) bond motifs is 3. The highest BCUT2D eigenvalue weighted by molar-refractivity contribution is 5.88. The van der Waals surface area contributed by atoms with E-state index in [0.717, 1.165) is 37.0 Å². The maximum absolute atomic E-state index is 12.2. The third-order valence-electron chi connectivity index (χ3n) is 5.43. The zero-order chi connectivity index (χ0) is 19.5. The van der Waals surface area contributed by atoms with Crippen LogP contribution in [0.15, 0.2) is 66.5 Å². The van der Waals surface area contributed by atoms with Crippen LogP contribution in [-0.4, -0.2) is 5.97 Å². The number of benzene rings is 2. The van der Waals surface area contributed by atoms with Gasteiger partial charge in [0.05, 0.1) is 0 Å². The van der Waals surface area contributed by atoms with Crippen LogP contribution in [0.4, 0.5) is 0 Å². The summed E-state index contributed by atoms with van der Waals surface area (Å²) >= 11 is 0. The number of carbonyl (C=O) groups is 1. The Hall–Kier alpha value is -2.87. The highest BCUT2D eigenvalue weighted by Crippen LogP contribution is 2.34. The molecule has 2 nitrogen and oxygen atoms in total. The number of hydrogen-bond acceptors (Lipinski definition) is 2. The summed E-state index contributed by atoms with van der Waals surface area (Å²) in [4.78, 5) is 12.2. The van der Waals surface area contributed by atoms with E-state index >= 15 is 0 Å². The third-order valence-corrected chi connectivity index (χ3v) is 5.43. The topological polar surface area (TPSA) is 26.3 Å². The van der Waals surface area contributed by atoms with E-state index in [1.165, 1.54) is 33.9 Å². The molecule has 0 radical (unpaired) electrons. The zero-order valence-electron chi connectivity index (χ0n) is 16.6. The summed E-state index contributed by atoms with van der Waals surface area (Å²) in [6.45, 7) is 4.24. The van der Waals surface area contributed by atoms with Gasteiger partial charge in [0.2, 0.25) is 0 Å². The Balaban J connectivity index is 1.47. The Morgan fingerprint density at radius 3 is 2.61 bits per heavy atom. The van der Waals surface area contributed by atoms with Gasteiger partial charge in [0.15, 0.2) is 0 Å². The Morgan fingerprint density at radius 2 is 1.79 bits per heavy atom. The lowest BCUT2D eigenvalue weighted by Crippen LogP contribution is -2.04. The molecule has 142 valence electrons. The van der Waals surface area contributed by atoms with Crippen molar-refractivity contribution in [3.05, 3.63) is 88.7 Å². The van der Waals surface area contributed by atoms with Gasteiger partial charge in [-0.15, -0.1) is 0 Å². The van der Waals surface area contributed by atoms with Crippen molar-refractivity contribution in [2.75, 3.05) is 0 Å². The van der Waals surface area contributed by atoms with Gasteiger partial charge in [-0.2, -0.15) is 0 Å². The van der Waals surface area contributed by atoms with Crippen molar-refractivity contribution in [1.29, 1.82) is 0 Å². The lowest BCUT2D eigenvalue weighted by atomic mass is 9.84. The molecule has 0 bridgehead atoms. The minimum atomic E-state index is -0.307. The molecule has 2 heteroatoms. The minimum Gasteiger partial charge on any atom is -0.428 e.